The summed E-state index contributed by atoms with van der Waals surface area (Å²) in [5.74, 6) is -1.59. The highest BCUT2D eigenvalue weighted by atomic mass is 32.2. The fourth-order valence-electron chi connectivity index (χ4n) is 2.78. The number of carbonyl (C=O) groups excluding carboxylic acids is 1. The molecule has 0 spiro atoms. The lowest BCUT2D eigenvalue weighted by Gasteiger charge is -2.21. The maximum Gasteiger partial charge on any atom is 0.326 e. The molecule has 2 heterocycles. The predicted octanol–water partition coefficient (Wildman–Crippen LogP) is 1.56. The summed E-state index contributed by atoms with van der Waals surface area (Å²) in [6.07, 6.45) is 2.44. The largest absolute Gasteiger partial charge is 0.480 e. The van der Waals surface area contributed by atoms with E-state index in [2.05, 4.69) is 10.2 Å². The van der Waals surface area contributed by atoms with Gasteiger partial charge in [-0.25, -0.2) is 4.79 Å². The van der Waals surface area contributed by atoms with Gasteiger partial charge in [0, 0.05) is 25.2 Å². The van der Waals surface area contributed by atoms with Crippen LogP contribution in [0.5, 0.6) is 0 Å². The number of carboxylic acid groups (broad SMARTS) is 1. The van der Waals surface area contributed by atoms with Crippen LogP contribution in [-0.4, -0.2) is 54.2 Å². The number of nitro benzene ring substituents is 1. The molecule has 0 saturated carbocycles. The van der Waals surface area contributed by atoms with Crippen molar-refractivity contribution in [3.05, 3.63) is 40.2 Å². The van der Waals surface area contributed by atoms with Crippen molar-refractivity contribution in [3.8, 4) is 0 Å². The number of aliphatic carboxylic acids is 1. The zero-order valence-electron chi connectivity index (χ0n) is 13.7. The number of nitro groups is 1. The minimum absolute atomic E-state index is 0.0900. The molecule has 1 aromatic heterocycles. The van der Waals surface area contributed by atoms with Crippen LogP contribution in [0, 0.1) is 10.1 Å². The number of carbonyl (C=O) groups is 2. The van der Waals surface area contributed by atoms with Crippen LogP contribution < -0.4 is 0 Å². The van der Waals surface area contributed by atoms with Gasteiger partial charge in [0.15, 0.2) is 5.16 Å². The van der Waals surface area contributed by atoms with Crippen LogP contribution in [0.1, 0.15) is 23.2 Å². The van der Waals surface area contributed by atoms with Crippen molar-refractivity contribution in [3.63, 3.8) is 0 Å². The first-order valence-electron chi connectivity index (χ1n) is 7.72. The van der Waals surface area contributed by atoms with E-state index in [0.29, 0.717) is 29.4 Å². The highest BCUT2D eigenvalue weighted by Crippen LogP contribution is 2.34. The van der Waals surface area contributed by atoms with Gasteiger partial charge < -0.3 is 14.6 Å². The standard InChI is InChI=1S/C15H15N5O5S/c1-18-8-16-17-15(18)26-12-5-4-9(7-11(12)20(24)25)13(21)19-6-2-3-10(19)14(22)23/h4-5,7-8,10H,2-3,6H2,1H3,(H,22,23)/t10-/m1/s1. The van der Waals surface area contributed by atoms with Crippen LogP contribution in [0.25, 0.3) is 0 Å². The summed E-state index contributed by atoms with van der Waals surface area (Å²) < 4.78 is 1.62. The van der Waals surface area contributed by atoms with Gasteiger partial charge >= 0.3 is 5.97 Å². The van der Waals surface area contributed by atoms with E-state index in [1.165, 1.54) is 29.4 Å². The SMILES string of the molecule is Cn1cnnc1Sc1ccc(C(=O)N2CCC[C@@H]2C(=O)O)cc1[N+](=O)[O-]. The molecule has 1 aliphatic heterocycles. The molecule has 11 heteroatoms. The Hall–Kier alpha value is -2.95. The molecule has 1 atom stereocenters. The van der Waals surface area contributed by atoms with Gasteiger partial charge in [-0.3, -0.25) is 14.9 Å². The molecule has 0 aliphatic carbocycles. The molecule has 1 N–H and O–H groups in total. The summed E-state index contributed by atoms with van der Waals surface area (Å²) in [6, 6.07) is 3.22. The fraction of sp³-hybridized carbons (Fsp3) is 0.333. The van der Waals surface area contributed by atoms with E-state index < -0.39 is 22.8 Å². The van der Waals surface area contributed by atoms with Gasteiger partial charge in [0.25, 0.3) is 11.6 Å². The van der Waals surface area contributed by atoms with Gasteiger partial charge in [0.05, 0.1) is 9.82 Å². The Balaban J connectivity index is 1.91. The third-order valence-corrected chi connectivity index (χ3v) is 5.19. The molecule has 0 unspecified atom stereocenters. The molecule has 1 aliphatic rings. The van der Waals surface area contributed by atoms with Gasteiger partial charge in [0.1, 0.15) is 12.4 Å². The number of likely N-dealkylation sites (tertiary alicyclic amines) is 1. The van der Waals surface area contributed by atoms with E-state index in [9.17, 15) is 24.8 Å². The predicted molar refractivity (Wildman–Crippen MR) is 89.9 cm³/mol. The summed E-state index contributed by atoms with van der Waals surface area (Å²) in [5.41, 5.74) is -0.151. The molecule has 3 rings (SSSR count). The summed E-state index contributed by atoms with van der Waals surface area (Å²) in [6.45, 7) is 0.318. The van der Waals surface area contributed by atoms with Crippen LogP contribution in [-0.2, 0) is 11.8 Å². The third kappa shape index (κ3) is 3.38. The van der Waals surface area contributed by atoms with Crippen LogP contribution >= 0.6 is 11.8 Å². The highest BCUT2D eigenvalue weighted by molar-refractivity contribution is 7.99. The second-order valence-corrected chi connectivity index (χ2v) is 6.77. The number of carboxylic acids is 1. The van der Waals surface area contributed by atoms with Gasteiger partial charge in [-0.15, -0.1) is 10.2 Å². The van der Waals surface area contributed by atoms with Crippen molar-refractivity contribution >= 4 is 29.3 Å². The Bertz CT molecular complexity index is 883. The summed E-state index contributed by atoms with van der Waals surface area (Å²) in [4.78, 5) is 36.3. The number of aromatic nitrogens is 3. The third-order valence-electron chi connectivity index (χ3n) is 4.07. The lowest BCUT2D eigenvalue weighted by Crippen LogP contribution is -2.40. The molecule has 1 saturated heterocycles. The van der Waals surface area contributed by atoms with E-state index in [-0.39, 0.29) is 11.3 Å². The Labute approximate surface area is 152 Å². The van der Waals surface area contributed by atoms with Crippen molar-refractivity contribution in [2.24, 2.45) is 7.05 Å². The maximum atomic E-state index is 12.6. The van der Waals surface area contributed by atoms with E-state index >= 15 is 0 Å². The number of hydrogen-bond donors (Lipinski definition) is 1. The quantitative estimate of drug-likeness (QED) is 0.613. The highest BCUT2D eigenvalue weighted by Gasteiger charge is 2.35. The Morgan fingerprint density at radius 1 is 1.42 bits per heavy atom. The summed E-state index contributed by atoms with van der Waals surface area (Å²) >= 11 is 1.06. The number of rotatable bonds is 5. The van der Waals surface area contributed by atoms with Crippen LogP contribution in [0.15, 0.2) is 34.6 Å². The first kappa shape index (κ1) is 17.9. The Kier molecular flexibility index (Phi) is 4.89. The molecule has 0 bridgehead atoms. The fourth-order valence-corrected chi connectivity index (χ4v) is 3.63. The number of aryl methyl sites for hydroxylation is 1. The molecule has 1 fully saturated rings. The normalized spacial score (nSPS) is 16.7. The summed E-state index contributed by atoms with van der Waals surface area (Å²) in [5, 5.41) is 28.7. The van der Waals surface area contributed by atoms with Crippen LogP contribution in [0.3, 0.4) is 0 Å². The van der Waals surface area contributed by atoms with E-state index in [1.807, 2.05) is 0 Å². The average Bonchev–Trinajstić information content (AvgIpc) is 3.24. The molecule has 26 heavy (non-hydrogen) atoms. The first-order valence-corrected chi connectivity index (χ1v) is 8.54. The van der Waals surface area contributed by atoms with Crippen LogP contribution in [0.4, 0.5) is 5.69 Å². The minimum atomic E-state index is -1.07. The van der Waals surface area contributed by atoms with Gasteiger partial charge in [-0.05, 0) is 36.7 Å². The maximum absolute atomic E-state index is 12.6. The van der Waals surface area contributed by atoms with Crippen molar-refractivity contribution in [2.45, 2.75) is 28.9 Å². The molecule has 2 aromatic rings. The van der Waals surface area contributed by atoms with E-state index in [1.54, 1.807) is 11.6 Å². The zero-order chi connectivity index (χ0) is 18.8. The van der Waals surface area contributed by atoms with Crippen molar-refractivity contribution in [1.29, 1.82) is 0 Å². The number of amides is 1. The second kappa shape index (κ2) is 7.12. The smallest absolute Gasteiger partial charge is 0.326 e. The zero-order valence-corrected chi connectivity index (χ0v) is 14.5. The number of hydrogen-bond acceptors (Lipinski definition) is 7. The number of nitrogens with zero attached hydrogens (tertiary/aromatic N) is 5. The molecule has 10 nitrogen and oxygen atoms in total. The topological polar surface area (TPSA) is 131 Å². The molecule has 1 aromatic carbocycles. The molecule has 136 valence electrons. The van der Waals surface area contributed by atoms with E-state index in [4.69, 9.17) is 0 Å². The van der Waals surface area contributed by atoms with E-state index in [0.717, 1.165) is 11.8 Å². The number of benzene rings is 1. The van der Waals surface area contributed by atoms with Crippen molar-refractivity contribution in [2.75, 3.05) is 6.54 Å². The van der Waals surface area contributed by atoms with Crippen molar-refractivity contribution < 1.29 is 19.6 Å². The average molecular weight is 377 g/mol. The van der Waals surface area contributed by atoms with Gasteiger partial charge in [-0.2, -0.15) is 0 Å². The van der Waals surface area contributed by atoms with Gasteiger partial charge in [0.2, 0.25) is 0 Å². The second-order valence-electron chi connectivity index (χ2n) is 5.76. The lowest BCUT2D eigenvalue weighted by atomic mass is 10.1. The Morgan fingerprint density at radius 3 is 2.81 bits per heavy atom. The molecule has 1 amide bonds. The Morgan fingerprint density at radius 2 is 2.19 bits per heavy atom. The summed E-state index contributed by atoms with van der Waals surface area (Å²) in [7, 11) is 1.71. The molecular weight excluding hydrogens is 362 g/mol. The first-order chi connectivity index (χ1) is 12.4. The van der Waals surface area contributed by atoms with Crippen molar-refractivity contribution in [1.82, 2.24) is 19.7 Å². The molecular formula is C15H15N5O5S. The van der Waals surface area contributed by atoms with Crippen LogP contribution in [0.2, 0.25) is 0 Å². The molecule has 0 radical (unpaired) electrons. The minimum Gasteiger partial charge on any atom is -0.480 e. The monoisotopic (exact) mass is 377 g/mol. The lowest BCUT2D eigenvalue weighted by molar-refractivity contribution is -0.387. The van der Waals surface area contributed by atoms with Gasteiger partial charge in [-0.1, -0.05) is 0 Å².